The van der Waals surface area contributed by atoms with E-state index in [9.17, 15) is 14.7 Å². The molecule has 0 spiro atoms. The molecule has 0 aromatic heterocycles. The van der Waals surface area contributed by atoms with E-state index in [2.05, 4.69) is 0 Å². The molecule has 0 radical (unpaired) electrons. The fourth-order valence-electron chi connectivity index (χ4n) is 4.40. The van der Waals surface area contributed by atoms with E-state index in [0.29, 0.717) is 47.3 Å². The molecule has 3 heterocycles. The summed E-state index contributed by atoms with van der Waals surface area (Å²) in [4.78, 5) is 25.4. The number of Topliss-reactive ketones (excluding diaryl/α,β-unsaturated/α-hetero) is 1. The van der Waals surface area contributed by atoms with Crippen molar-refractivity contribution >= 4 is 17.8 Å². The predicted octanol–water partition coefficient (Wildman–Crippen LogP) is 4.22. The maximum Gasteiger partial charge on any atom is 0.312 e. The van der Waals surface area contributed by atoms with Gasteiger partial charge in [-0.15, -0.1) is 0 Å². The van der Waals surface area contributed by atoms with Crippen molar-refractivity contribution in [1.82, 2.24) is 0 Å². The van der Waals surface area contributed by atoms with E-state index in [1.807, 2.05) is 6.07 Å². The Kier molecular flexibility index (Phi) is 4.36. The molecular formula is C26H18O7. The number of fused-ring (bicyclic) bond motifs is 4. The van der Waals surface area contributed by atoms with Gasteiger partial charge in [0.15, 0.2) is 17.3 Å². The Balaban J connectivity index is 1.41. The minimum absolute atomic E-state index is 0.104. The summed E-state index contributed by atoms with van der Waals surface area (Å²) in [6.45, 7) is 0.972. The van der Waals surface area contributed by atoms with Gasteiger partial charge in [0.1, 0.15) is 30.5 Å². The van der Waals surface area contributed by atoms with E-state index in [4.69, 9.17) is 18.9 Å². The summed E-state index contributed by atoms with van der Waals surface area (Å²) in [6.07, 6.45) is 1.77. The number of allylic oxidation sites excluding steroid dienone is 1. The zero-order valence-electron chi connectivity index (χ0n) is 17.4. The molecule has 0 saturated heterocycles. The number of hydrogen-bond acceptors (Lipinski definition) is 7. The Morgan fingerprint density at radius 1 is 0.848 bits per heavy atom. The molecule has 0 fully saturated rings. The highest BCUT2D eigenvalue weighted by molar-refractivity contribution is 6.15. The molecule has 3 aromatic carbocycles. The summed E-state index contributed by atoms with van der Waals surface area (Å²) in [6, 6.07) is 15.3. The number of carbonyl (C=O) groups excluding carboxylic acids is 2. The molecule has 7 heteroatoms. The summed E-state index contributed by atoms with van der Waals surface area (Å²) in [5, 5.41) is 9.66. The molecule has 1 atom stereocenters. The number of phenols is 1. The second kappa shape index (κ2) is 7.41. The number of rotatable bonds is 2. The fraction of sp³-hybridized carbons (Fsp3) is 0.154. The van der Waals surface area contributed by atoms with Crippen molar-refractivity contribution in [1.29, 1.82) is 0 Å². The van der Waals surface area contributed by atoms with Gasteiger partial charge in [0, 0.05) is 11.5 Å². The zero-order chi connectivity index (χ0) is 22.5. The standard InChI is InChI=1S/C26H18O7/c27-16-4-2-15(3-5-16)18-13-23(28)32-20-8-6-17-25(29)22(33-26(17)24(18)20)12-14-1-7-19-21(11-14)31-10-9-30-19/h1-8,11-12,18,27H,9-10,13H2/b22-12+. The Hall–Kier alpha value is -4.26. The third kappa shape index (κ3) is 3.29. The van der Waals surface area contributed by atoms with Crippen LogP contribution < -0.4 is 18.9 Å². The van der Waals surface area contributed by atoms with Crippen LogP contribution in [-0.4, -0.2) is 30.1 Å². The van der Waals surface area contributed by atoms with Gasteiger partial charge in [-0.1, -0.05) is 18.2 Å². The van der Waals surface area contributed by atoms with Gasteiger partial charge in [-0.25, -0.2) is 0 Å². The number of ether oxygens (including phenoxy) is 4. The van der Waals surface area contributed by atoms with E-state index in [-0.39, 0.29) is 35.6 Å². The maximum absolute atomic E-state index is 13.1. The zero-order valence-corrected chi connectivity index (χ0v) is 17.4. The molecular weight excluding hydrogens is 424 g/mol. The molecule has 0 saturated carbocycles. The van der Waals surface area contributed by atoms with Gasteiger partial charge in [-0.3, -0.25) is 9.59 Å². The molecule has 3 aliphatic heterocycles. The molecule has 0 aliphatic carbocycles. The van der Waals surface area contributed by atoms with Crippen molar-refractivity contribution in [3.8, 4) is 28.7 Å². The number of phenolic OH excluding ortho intramolecular Hbond substituents is 1. The van der Waals surface area contributed by atoms with Crippen molar-refractivity contribution in [3.05, 3.63) is 82.6 Å². The van der Waals surface area contributed by atoms with Crippen LogP contribution in [0.4, 0.5) is 0 Å². The van der Waals surface area contributed by atoms with Gasteiger partial charge >= 0.3 is 5.97 Å². The Morgan fingerprint density at radius 3 is 2.42 bits per heavy atom. The van der Waals surface area contributed by atoms with Crippen LogP contribution in [0.2, 0.25) is 0 Å². The van der Waals surface area contributed by atoms with Crippen molar-refractivity contribution < 1.29 is 33.6 Å². The SMILES string of the molecule is O=C1CC(c2ccc(O)cc2)c2c(ccc3c2O/C(=C/c2ccc4c(c2)OCCO4)C3=O)O1. The van der Waals surface area contributed by atoms with Crippen molar-refractivity contribution in [2.24, 2.45) is 0 Å². The lowest BCUT2D eigenvalue weighted by Crippen LogP contribution is -2.21. The normalized spacial score (nSPS) is 19.5. The smallest absolute Gasteiger partial charge is 0.312 e. The second-order valence-electron chi connectivity index (χ2n) is 8.02. The van der Waals surface area contributed by atoms with Gasteiger partial charge in [0.2, 0.25) is 5.78 Å². The quantitative estimate of drug-likeness (QED) is 0.361. The number of carbonyl (C=O) groups is 2. The second-order valence-corrected chi connectivity index (χ2v) is 8.02. The molecule has 0 amide bonds. The summed E-state index contributed by atoms with van der Waals surface area (Å²) in [7, 11) is 0. The van der Waals surface area contributed by atoms with Crippen LogP contribution in [0.15, 0.2) is 60.4 Å². The number of aromatic hydroxyl groups is 1. The minimum Gasteiger partial charge on any atom is -0.508 e. The molecule has 7 nitrogen and oxygen atoms in total. The van der Waals surface area contributed by atoms with Crippen molar-refractivity contribution in [2.75, 3.05) is 13.2 Å². The Labute approximate surface area is 188 Å². The first kappa shape index (κ1) is 19.4. The van der Waals surface area contributed by atoms with E-state index >= 15 is 0 Å². The van der Waals surface area contributed by atoms with Gasteiger partial charge in [0.25, 0.3) is 0 Å². The highest BCUT2D eigenvalue weighted by Crippen LogP contribution is 2.49. The predicted molar refractivity (Wildman–Crippen MR) is 117 cm³/mol. The van der Waals surface area contributed by atoms with Gasteiger partial charge in [0.05, 0.1) is 12.0 Å². The number of hydrogen-bond donors (Lipinski definition) is 1. The van der Waals surface area contributed by atoms with E-state index in [1.54, 1.807) is 54.6 Å². The highest BCUT2D eigenvalue weighted by Gasteiger charge is 2.38. The van der Waals surface area contributed by atoms with Gasteiger partial charge in [-0.05, 0) is 53.6 Å². The highest BCUT2D eigenvalue weighted by atomic mass is 16.6. The van der Waals surface area contributed by atoms with Gasteiger partial charge in [-0.2, -0.15) is 0 Å². The van der Waals surface area contributed by atoms with Crippen LogP contribution in [0.5, 0.6) is 28.7 Å². The molecule has 6 rings (SSSR count). The summed E-state index contributed by atoms with van der Waals surface area (Å²) in [5.74, 6) is 1.39. The largest absolute Gasteiger partial charge is 0.508 e. The first-order valence-electron chi connectivity index (χ1n) is 10.6. The third-order valence-corrected chi connectivity index (χ3v) is 5.94. The van der Waals surface area contributed by atoms with Crippen LogP contribution in [0.3, 0.4) is 0 Å². The van der Waals surface area contributed by atoms with E-state index in [0.717, 1.165) is 11.1 Å². The number of esters is 1. The third-order valence-electron chi connectivity index (χ3n) is 5.94. The van der Waals surface area contributed by atoms with E-state index < -0.39 is 0 Å². The number of benzene rings is 3. The first-order chi connectivity index (χ1) is 16.1. The number of ketones is 1. The van der Waals surface area contributed by atoms with E-state index in [1.165, 1.54) is 0 Å². The Bertz CT molecular complexity index is 1340. The van der Waals surface area contributed by atoms with Crippen LogP contribution in [0, 0.1) is 0 Å². The average molecular weight is 442 g/mol. The lowest BCUT2D eigenvalue weighted by atomic mass is 9.84. The lowest BCUT2D eigenvalue weighted by Gasteiger charge is -2.26. The first-order valence-corrected chi connectivity index (χ1v) is 10.6. The van der Waals surface area contributed by atoms with Crippen molar-refractivity contribution in [2.45, 2.75) is 12.3 Å². The minimum atomic E-state index is -0.364. The molecule has 0 bridgehead atoms. The molecule has 3 aromatic rings. The van der Waals surface area contributed by atoms with Crippen LogP contribution in [0.25, 0.3) is 6.08 Å². The molecule has 33 heavy (non-hydrogen) atoms. The molecule has 1 N–H and O–H groups in total. The topological polar surface area (TPSA) is 91.3 Å². The summed E-state index contributed by atoms with van der Waals surface area (Å²) >= 11 is 0. The molecule has 1 unspecified atom stereocenters. The monoisotopic (exact) mass is 442 g/mol. The van der Waals surface area contributed by atoms with Crippen molar-refractivity contribution in [3.63, 3.8) is 0 Å². The summed E-state index contributed by atoms with van der Waals surface area (Å²) < 4.78 is 22.7. The fourth-order valence-corrected chi connectivity index (χ4v) is 4.40. The molecule has 3 aliphatic rings. The summed E-state index contributed by atoms with van der Waals surface area (Å²) in [5.41, 5.74) is 2.63. The van der Waals surface area contributed by atoms with Crippen LogP contribution >= 0.6 is 0 Å². The van der Waals surface area contributed by atoms with Gasteiger partial charge < -0.3 is 24.1 Å². The Morgan fingerprint density at radius 2 is 1.61 bits per heavy atom. The van der Waals surface area contributed by atoms with Crippen LogP contribution in [0.1, 0.15) is 39.4 Å². The molecule has 164 valence electrons. The maximum atomic E-state index is 13.1. The average Bonchev–Trinajstić information content (AvgIpc) is 3.14. The van der Waals surface area contributed by atoms with Crippen LogP contribution in [-0.2, 0) is 4.79 Å². The lowest BCUT2D eigenvalue weighted by molar-refractivity contribution is -0.135.